The summed E-state index contributed by atoms with van der Waals surface area (Å²) >= 11 is 0. The van der Waals surface area contributed by atoms with Crippen LogP contribution in [0.15, 0.2) is 46.6 Å². The van der Waals surface area contributed by atoms with Crippen molar-refractivity contribution in [2.45, 2.75) is 13.8 Å². The van der Waals surface area contributed by atoms with Gasteiger partial charge in [0.15, 0.2) is 0 Å². The van der Waals surface area contributed by atoms with Crippen LogP contribution in [0.4, 0.5) is 34.1 Å². The van der Waals surface area contributed by atoms with Gasteiger partial charge in [-0.15, -0.1) is 10.2 Å². The van der Waals surface area contributed by atoms with Crippen LogP contribution in [-0.2, 0) is 9.59 Å². The van der Waals surface area contributed by atoms with E-state index in [0.717, 1.165) is 11.4 Å². The highest BCUT2D eigenvalue weighted by Crippen LogP contribution is 2.35. The zero-order chi connectivity index (χ0) is 20.8. The Morgan fingerprint density at radius 3 is 1.36 bits per heavy atom. The molecule has 148 valence electrons. The fraction of sp³-hybridized carbons (Fsp3) is 0.300. The molecule has 8 heteroatoms. The van der Waals surface area contributed by atoms with Crippen molar-refractivity contribution in [2.24, 2.45) is 10.2 Å². The van der Waals surface area contributed by atoms with Gasteiger partial charge in [0.2, 0.25) is 11.8 Å². The van der Waals surface area contributed by atoms with Crippen LogP contribution < -0.4 is 20.4 Å². The number of nitrogens with zero attached hydrogens (tertiary/aromatic N) is 4. The first kappa shape index (κ1) is 20.9. The zero-order valence-electron chi connectivity index (χ0n) is 17.1. The number of hydrogen-bond donors (Lipinski definition) is 2. The summed E-state index contributed by atoms with van der Waals surface area (Å²) in [7, 11) is 7.61. The first-order chi connectivity index (χ1) is 13.2. The largest absolute Gasteiger partial charge is 0.376 e. The Morgan fingerprint density at radius 2 is 1.07 bits per heavy atom. The lowest BCUT2D eigenvalue weighted by atomic mass is 10.2. The van der Waals surface area contributed by atoms with Gasteiger partial charge in [0.05, 0.1) is 11.4 Å². The Bertz CT molecular complexity index is 832. The van der Waals surface area contributed by atoms with Crippen molar-refractivity contribution in [3.05, 3.63) is 36.4 Å². The zero-order valence-corrected chi connectivity index (χ0v) is 17.1. The highest BCUT2D eigenvalue weighted by Gasteiger charge is 2.09. The van der Waals surface area contributed by atoms with Gasteiger partial charge >= 0.3 is 0 Å². The molecule has 0 atom stereocenters. The fourth-order valence-electron chi connectivity index (χ4n) is 2.60. The maximum absolute atomic E-state index is 11.3. The number of carbonyl (C=O) groups excluding carboxylic acids is 2. The number of carbonyl (C=O) groups is 2. The summed E-state index contributed by atoms with van der Waals surface area (Å²) in [6, 6.07) is 10.9. The second-order valence-corrected chi connectivity index (χ2v) is 6.76. The molecule has 28 heavy (non-hydrogen) atoms. The van der Waals surface area contributed by atoms with Crippen molar-refractivity contribution in [3.8, 4) is 0 Å². The van der Waals surface area contributed by atoms with Crippen LogP contribution in [0.25, 0.3) is 0 Å². The minimum atomic E-state index is -0.131. The quantitative estimate of drug-likeness (QED) is 0.735. The molecule has 0 saturated carbocycles. The van der Waals surface area contributed by atoms with Crippen molar-refractivity contribution in [1.82, 2.24) is 0 Å². The van der Waals surface area contributed by atoms with Crippen LogP contribution >= 0.6 is 0 Å². The van der Waals surface area contributed by atoms with E-state index in [-0.39, 0.29) is 11.8 Å². The van der Waals surface area contributed by atoms with Gasteiger partial charge in [-0.3, -0.25) is 9.59 Å². The third-order valence-corrected chi connectivity index (χ3v) is 3.82. The van der Waals surface area contributed by atoms with Crippen LogP contribution in [0.1, 0.15) is 13.8 Å². The van der Waals surface area contributed by atoms with Gasteiger partial charge in [0.25, 0.3) is 0 Å². The summed E-state index contributed by atoms with van der Waals surface area (Å²) in [5.41, 5.74) is 4.41. The van der Waals surface area contributed by atoms with Crippen molar-refractivity contribution < 1.29 is 9.59 Å². The van der Waals surface area contributed by atoms with Crippen LogP contribution in [-0.4, -0.2) is 40.0 Å². The second kappa shape index (κ2) is 8.98. The van der Waals surface area contributed by atoms with Crippen LogP contribution in [0.2, 0.25) is 0 Å². The molecule has 2 aromatic rings. The third kappa shape index (κ3) is 5.54. The number of anilines is 4. The van der Waals surface area contributed by atoms with Crippen molar-refractivity contribution in [2.75, 3.05) is 48.6 Å². The molecular formula is C20H26N6O2. The molecule has 0 heterocycles. The van der Waals surface area contributed by atoms with E-state index in [0.29, 0.717) is 22.7 Å². The molecule has 0 aliphatic heterocycles. The smallest absolute Gasteiger partial charge is 0.221 e. The number of azo groups is 1. The molecule has 0 radical (unpaired) electrons. The molecule has 0 aliphatic carbocycles. The van der Waals surface area contributed by atoms with Gasteiger partial charge in [0, 0.05) is 53.4 Å². The van der Waals surface area contributed by atoms with E-state index in [1.165, 1.54) is 13.8 Å². The molecule has 2 amide bonds. The normalized spacial score (nSPS) is 10.6. The van der Waals surface area contributed by atoms with E-state index in [2.05, 4.69) is 20.9 Å². The first-order valence-electron chi connectivity index (χ1n) is 8.77. The molecule has 8 nitrogen and oxygen atoms in total. The maximum Gasteiger partial charge on any atom is 0.221 e. The lowest BCUT2D eigenvalue weighted by molar-refractivity contribution is -0.115. The van der Waals surface area contributed by atoms with Gasteiger partial charge in [-0.1, -0.05) is 0 Å². The molecule has 2 N–H and O–H groups in total. The minimum Gasteiger partial charge on any atom is -0.376 e. The predicted molar refractivity (Wildman–Crippen MR) is 114 cm³/mol. The summed E-state index contributed by atoms with van der Waals surface area (Å²) in [5.74, 6) is -0.261. The summed E-state index contributed by atoms with van der Waals surface area (Å²) in [5, 5.41) is 14.4. The van der Waals surface area contributed by atoms with Gasteiger partial charge in [-0.25, -0.2) is 0 Å². The Kier molecular flexibility index (Phi) is 6.70. The van der Waals surface area contributed by atoms with E-state index in [1.807, 2.05) is 62.3 Å². The molecule has 0 saturated heterocycles. The van der Waals surface area contributed by atoms with Gasteiger partial charge in [-0.2, -0.15) is 0 Å². The lowest BCUT2D eigenvalue weighted by Crippen LogP contribution is -2.11. The predicted octanol–water partition coefficient (Wildman–Crippen LogP) is 4.15. The lowest BCUT2D eigenvalue weighted by Gasteiger charge is -2.17. The topological polar surface area (TPSA) is 89.4 Å². The van der Waals surface area contributed by atoms with E-state index < -0.39 is 0 Å². The summed E-state index contributed by atoms with van der Waals surface area (Å²) in [6.07, 6.45) is 0. The van der Waals surface area contributed by atoms with Gasteiger partial charge in [0.1, 0.15) is 11.4 Å². The standard InChI is InChI=1S/C20H26N6O2/c1-13(27)21-15-7-9-17(19(11-15)25(3)4)23-24-18-10-8-16(22-14(2)28)12-20(18)26(5)6/h7-12H,1-6H3,(H,21,27)(H,22,28). The maximum atomic E-state index is 11.3. The Labute approximate surface area is 165 Å². The van der Waals surface area contributed by atoms with Crippen molar-refractivity contribution in [1.29, 1.82) is 0 Å². The summed E-state index contributed by atoms with van der Waals surface area (Å²) < 4.78 is 0. The molecule has 0 unspecified atom stereocenters. The van der Waals surface area contributed by atoms with E-state index in [4.69, 9.17) is 0 Å². The first-order valence-corrected chi connectivity index (χ1v) is 8.77. The molecule has 0 spiro atoms. The Hall–Kier alpha value is -3.42. The van der Waals surface area contributed by atoms with Crippen LogP contribution in [0, 0.1) is 0 Å². The summed E-state index contributed by atoms with van der Waals surface area (Å²) in [4.78, 5) is 26.4. The van der Waals surface area contributed by atoms with Crippen LogP contribution in [0.3, 0.4) is 0 Å². The third-order valence-electron chi connectivity index (χ3n) is 3.82. The van der Waals surface area contributed by atoms with E-state index in [1.54, 1.807) is 12.1 Å². The average Bonchev–Trinajstić information content (AvgIpc) is 2.60. The number of benzene rings is 2. The Balaban J connectivity index is 2.39. The van der Waals surface area contributed by atoms with Crippen molar-refractivity contribution >= 4 is 45.9 Å². The van der Waals surface area contributed by atoms with Gasteiger partial charge < -0.3 is 20.4 Å². The molecular weight excluding hydrogens is 356 g/mol. The molecule has 0 aliphatic rings. The molecule has 2 aromatic carbocycles. The minimum absolute atomic E-state index is 0.131. The number of amides is 2. The highest BCUT2D eigenvalue weighted by molar-refractivity contribution is 5.91. The average molecular weight is 382 g/mol. The number of nitrogens with one attached hydrogen (secondary N) is 2. The van der Waals surface area contributed by atoms with Crippen molar-refractivity contribution in [3.63, 3.8) is 0 Å². The van der Waals surface area contributed by atoms with Crippen LogP contribution in [0.5, 0.6) is 0 Å². The highest BCUT2D eigenvalue weighted by atomic mass is 16.2. The molecule has 0 aromatic heterocycles. The van der Waals surface area contributed by atoms with Gasteiger partial charge in [-0.05, 0) is 36.4 Å². The van der Waals surface area contributed by atoms with E-state index >= 15 is 0 Å². The fourth-order valence-corrected chi connectivity index (χ4v) is 2.60. The van der Waals surface area contributed by atoms with E-state index in [9.17, 15) is 9.59 Å². The Morgan fingerprint density at radius 1 is 0.714 bits per heavy atom. The SMILES string of the molecule is CC(=O)Nc1ccc(N=Nc2ccc(NC(C)=O)cc2N(C)C)c(N(C)C)c1. The second-order valence-electron chi connectivity index (χ2n) is 6.76. The number of hydrogen-bond acceptors (Lipinski definition) is 6. The molecule has 0 bridgehead atoms. The molecule has 2 rings (SSSR count). The number of rotatable bonds is 6. The summed E-state index contributed by atoms with van der Waals surface area (Å²) in [6.45, 7) is 2.94. The molecule has 0 fully saturated rings. The monoisotopic (exact) mass is 382 g/mol.